The van der Waals surface area contributed by atoms with Crippen LogP contribution < -0.4 is 0 Å². The summed E-state index contributed by atoms with van der Waals surface area (Å²) in [4.78, 5) is 13.3. The Morgan fingerprint density at radius 1 is 1.43 bits per heavy atom. The van der Waals surface area contributed by atoms with E-state index in [9.17, 15) is 18.0 Å². The molecule has 0 radical (unpaired) electrons. The fraction of sp³-hybridized carbons (Fsp3) is 0.500. The highest BCUT2D eigenvalue weighted by Crippen LogP contribution is 2.32. The van der Waals surface area contributed by atoms with E-state index >= 15 is 0 Å². The van der Waals surface area contributed by atoms with Crippen LogP contribution in [0.15, 0.2) is 24.3 Å². The van der Waals surface area contributed by atoms with Gasteiger partial charge in [-0.1, -0.05) is 18.2 Å². The Morgan fingerprint density at radius 2 is 2.14 bits per heavy atom. The normalized spacial score (nSPS) is 20.3. The highest BCUT2D eigenvalue weighted by molar-refractivity contribution is 5.75. The van der Waals surface area contributed by atoms with Gasteiger partial charge in [0.25, 0.3) is 0 Å². The van der Waals surface area contributed by atoms with Gasteiger partial charge in [0.1, 0.15) is 6.04 Å². The molecule has 0 aromatic heterocycles. The lowest BCUT2D eigenvalue weighted by Gasteiger charge is -2.34. The van der Waals surface area contributed by atoms with Crippen LogP contribution in [0.2, 0.25) is 0 Å². The Hall–Kier alpha value is -1.60. The number of carbonyl (C=O) groups excluding carboxylic acids is 1. The summed E-state index contributed by atoms with van der Waals surface area (Å²) in [6.07, 6.45) is -4.41. The summed E-state index contributed by atoms with van der Waals surface area (Å²) in [6.45, 7) is 0.910. The third-order valence-electron chi connectivity index (χ3n) is 3.41. The van der Waals surface area contributed by atoms with E-state index in [1.165, 1.54) is 19.2 Å². The molecule has 21 heavy (non-hydrogen) atoms. The maximum Gasteiger partial charge on any atom is 0.416 e. The first-order valence-corrected chi connectivity index (χ1v) is 6.48. The van der Waals surface area contributed by atoms with Gasteiger partial charge in [-0.05, 0) is 11.6 Å². The highest BCUT2D eigenvalue weighted by Gasteiger charge is 2.35. The zero-order valence-corrected chi connectivity index (χ0v) is 11.5. The minimum atomic E-state index is -4.41. The average Bonchev–Trinajstić information content (AvgIpc) is 2.46. The van der Waals surface area contributed by atoms with Crippen LogP contribution in [0.3, 0.4) is 0 Å². The molecule has 0 aliphatic carbocycles. The molecule has 1 aromatic rings. The minimum Gasteiger partial charge on any atom is -0.468 e. The number of carbonyl (C=O) groups is 1. The van der Waals surface area contributed by atoms with E-state index in [0.29, 0.717) is 13.2 Å². The van der Waals surface area contributed by atoms with Crippen molar-refractivity contribution in [2.45, 2.75) is 18.8 Å². The van der Waals surface area contributed by atoms with Crippen LogP contribution in [-0.4, -0.2) is 43.8 Å². The van der Waals surface area contributed by atoms with Crippen molar-refractivity contribution in [1.29, 1.82) is 0 Å². The number of ether oxygens (including phenoxy) is 2. The van der Waals surface area contributed by atoms with Crippen LogP contribution in [0.4, 0.5) is 13.2 Å². The smallest absolute Gasteiger partial charge is 0.416 e. The van der Waals surface area contributed by atoms with Gasteiger partial charge < -0.3 is 9.47 Å². The Labute approximate surface area is 120 Å². The van der Waals surface area contributed by atoms with Gasteiger partial charge >= 0.3 is 12.1 Å². The van der Waals surface area contributed by atoms with Crippen LogP contribution in [-0.2, 0) is 27.0 Å². The molecule has 1 atom stereocenters. The molecule has 2 rings (SSSR count). The second kappa shape index (κ2) is 6.44. The monoisotopic (exact) mass is 303 g/mol. The zero-order chi connectivity index (χ0) is 15.5. The first-order chi connectivity index (χ1) is 9.93. The lowest BCUT2D eigenvalue weighted by Crippen LogP contribution is -2.50. The zero-order valence-electron chi connectivity index (χ0n) is 11.5. The molecule has 0 N–H and O–H groups in total. The second-order valence-corrected chi connectivity index (χ2v) is 4.74. The predicted octanol–water partition coefficient (Wildman–Crippen LogP) is 2.08. The van der Waals surface area contributed by atoms with Crippen molar-refractivity contribution in [3.63, 3.8) is 0 Å². The van der Waals surface area contributed by atoms with Gasteiger partial charge in [0, 0.05) is 13.1 Å². The molecular weight excluding hydrogens is 287 g/mol. The van der Waals surface area contributed by atoms with E-state index in [0.717, 1.165) is 6.07 Å². The number of nitrogens with zero attached hydrogens (tertiary/aromatic N) is 1. The lowest BCUT2D eigenvalue weighted by molar-refractivity contribution is -0.153. The van der Waals surface area contributed by atoms with Gasteiger partial charge in [-0.2, -0.15) is 13.2 Å². The van der Waals surface area contributed by atoms with Crippen molar-refractivity contribution in [3.05, 3.63) is 35.4 Å². The Kier molecular flexibility index (Phi) is 4.84. The van der Waals surface area contributed by atoms with Crippen LogP contribution in [0, 0.1) is 0 Å². The molecule has 1 saturated heterocycles. The quantitative estimate of drug-likeness (QED) is 0.802. The number of benzene rings is 1. The molecule has 1 heterocycles. The number of morpholine rings is 1. The molecule has 0 bridgehead atoms. The molecule has 0 spiro atoms. The number of halogens is 3. The Balaban J connectivity index is 2.22. The molecule has 7 heteroatoms. The first-order valence-electron chi connectivity index (χ1n) is 6.48. The number of rotatable bonds is 3. The van der Waals surface area contributed by atoms with Crippen LogP contribution in [0.5, 0.6) is 0 Å². The van der Waals surface area contributed by atoms with Crippen molar-refractivity contribution < 1.29 is 27.4 Å². The average molecular weight is 303 g/mol. The SMILES string of the molecule is COC(=O)C1COCCN1Cc1ccccc1C(F)(F)F. The summed E-state index contributed by atoms with van der Waals surface area (Å²) in [5.41, 5.74) is -0.541. The van der Waals surface area contributed by atoms with Crippen LogP contribution >= 0.6 is 0 Å². The lowest BCUT2D eigenvalue weighted by atomic mass is 10.1. The second-order valence-electron chi connectivity index (χ2n) is 4.74. The van der Waals surface area contributed by atoms with Crippen molar-refractivity contribution in [2.75, 3.05) is 26.9 Å². The summed E-state index contributed by atoms with van der Waals surface area (Å²) >= 11 is 0. The number of hydrogen-bond donors (Lipinski definition) is 0. The van der Waals surface area contributed by atoms with Gasteiger partial charge in [0.2, 0.25) is 0 Å². The largest absolute Gasteiger partial charge is 0.468 e. The van der Waals surface area contributed by atoms with Gasteiger partial charge in [0.05, 0.1) is 25.9 Å². The highest BCUT2D eigenvalue weighted by atomic mass is 19.4. The Bertz CT molecular complexity index is 504. The first kappa shape index (κ1) is 15.8. The van der Waals surface area contributed by atoms with Gasteiger partial charge in [-0.25, -0.2) is 0 Å². The number of alkyl halides is 3. The molecule has 1 aliphatic heterocycles. The van der Waals surface area contributed by atoms with E-state index in [1.807, 2.05) is 0 Å². The maximum atomic E-state index is 13.0. The minimum absolute atomic E-state index is 0.0266. The molecule has 1 fully saturated rings. The van der Waals surface area contributed by atoms with Gasteiger partial charge in [0.15, 0.2) is 0 Å². The molecule has 116 valence electrons. The third-order valence-corrected chi connectivity index (χ3v) is 3.41. The molecule has 0 amide bonds. The molecule has 1 aliphatic rings. The number of esters is 1. The third kappa shape index (κ3) is 3.74. The molecule has 4 nitrogen and oxygen atoms in total. The fourth-order valence-corrected chi connectivity index (χ4v) is 2.33. The van der Waals surface area contributed by atoms with Crippen LogP contribution in [0.1, 0.15) is 11.1 Å². The summed E-state index contributed by atoms with van der Waals surface area (Å²) in [5, 5.41) is 0. The molecular formula is C14H16F3NO3. The van der Waals surface area contributed by atoms with Crippen molar-refractivity contribution in [1.82, 2.24) is 4.90 Å². The van der Waals surface area contributed by atoms with Crippen LogP contribution in [0.25, 0.3) is 0 Å². The number of methoxy groups -OCH3 is 1. The van der Waals surface area contributed by atoms with Crippen molar-refractivity contribution in [3.8, 4) is 0 Å². The standard InChI is InChI=1S/C14H16F3NO3/c1-20-13(19)12-9-21-7-6-18(12)8-10-4-2-3-5-11(10)14(15,16)17/h2-5,12H,6-9H2,1H3. The van der Waals surface area contributed by atoms with E-state index in [2.05, 4.69) is 4.74 Å². The van der Waals surface area contributed by atoms with Gasteiger partial charge in [-0.3, -0.25) is 9.69 Å². The number of hydrogen-bond acceptors (Lipinski definition) is 4. The van der Waals surface area contributed by atoms with E-state index in [1.54, 1.807) is 11.0 Å². The summed E-state index contributed by atoms with van der Waals surface area (Å²) in [5.74, 6) is -0.501. The molecule has 0 saturated carbocycles. The Morgan fingerprint density at radius 3 is 2.81 bits per heavy atom. The van der Waals surface area contributed by atoms with Gasteiger partial charge in [-0.15, -0.1) is 0 Å². The summed E-state index contributed by atoms with van der Waals surface area (Å²) in [7, 11) is 1.25. The summed E-state index contributed by atoms with van der Waals surface area (Å²) in [6, 6.07) is 4.70. The molecule has 1 unspecified atom stereocenters. The van der Waals surface area contributed by atoms with E-state index in [-0.39, 0.29) is 18.7 Å². The van der Waals surface area contributed by atoms with Crippen molar-refractivity contribution >= 4 is 5.97 Å². The topological polar surface area (TPSA) is 38.8 Å². The predicted molar refractivity (Wildman–Crippen MR) is 68.5 cm³/mol. The molecule has 1 aromatic carbocycles. The fourth-order valence-electron chi connectivity index (χ4n) is 2.33. The summed E-state index contributed by atoms with van der Waals surface area (Å²) < 4.78 is 48.8. The maximum absolute atomic E-state index is 13.0. The van der Waals surface area contributed by atoms with Crippen molar-refractivity contribution in [2.24, 2.45) is 0 Å². The van der Waals surface area contributed by atoms with E-state index < -0.39 is 23.8 Å². The van der Waals surface area contributed by atoms with E-state index in [4.69, 9.17) is 4.74 Å².